The van der Waals surface area contributed by atoms with Crippen molar-refractivity contribution < 1.29 is 18.7 Å². The van der Waals surface area contributed by atoms with Gasteiger partial charge in [-0.15, -0.1) is 0 Å². The first-order chi connectivity index (χ1) is 14.7. The van der Waals surface area contributed by atoms with E-state index in [-0.39, 0.29) is 12.0 Å². The van der Waals surface area contributed by atoms with E-state index < -0.39 is 29.8 Å². The maximum absolute atomic E-state index is 15.5. The van der Waals surface area contributed by atoms with Crippen LogP contribution in [0.25, 0.3) is 27.5 Å². The molecule has 6 nitrogen and oxygen atoms in total. The number of carboxylic acids is 1. The molecule has 2 heterocycles. The van der Waals surface area contributed by atoms with Gasteiger partial charge in [-0.05, 0) is 36.4 Å². The van der Waals surface area contributed by atoms with Gasteiger partial charge in [0.2, 0.25) is 0 Å². The van der Waals surface area contributed by atoms with Crippen molar-refractivity contribution >= 4 is 27.8 Å². The molecule has 0 saturated heterocycles. The Kier molecular flexibility index (Phi) is 4.97. The molecule has 0 fully saturated rings. The molecule has 0 unspecified atom stereocenters. The van der Waals surface area contributed by atoms with Crippen LogP contribution in [0, 0.1) is 17.1 Å². The minimum atomic E-state index is -1.80. The van der Waals surface area contributed by atoms with Gasteiger partial charge in [0.15, 0.2) is 0 Å². The summed E-state index contributed by atoms with van der Waals surface area (Å²) in [5.41, 5.74) is 1.79. The molecular weight excluding hydrogens is 402 g/mol. The Morgan fingerprint density at radius 3 is 2.68 bits per heavy atom. The van der Waals surface area contributed by atoms with E-state index in [0.717, 1.165) is 5.39 Å². The molecule has 2 aromatic carbocycles. The third-order valence-corrected chi connectivity index (χ3v) is 5.48. The quantitative estimate of drug-likeness (QED) is 0.439. The standard InChI is InChI=1S/C23H20F2N4O2/c1-23(2,7-8-26)22-21(17(25)11-20(30)31)16-10-18-13(12-27-28-18)9-19(16)29(22)15-5-3-14(24)4-6-15/h3-6,9-10,12,17H,7,11H2,1-2H3,(H,27,28)(H,30,31)/t17-/m0/s1. The zero-order valence-electron chi connectivity index (χ0n) is 17.0. The van der Waals surface area contributed by atoms with E-state index in [4.69, 9.17) is 0 Å². The summed E-state index contributed by atoms with van der Waals surface area (Å²) < 4.78 is 30.9. The van der Waals surface area contributed by atoms with Gasteiger partial charge >= 0.3 is 5.97 Å². The number of carbonyl (C=O) groups is 1. The summed E-state index contributed by atoms with van der Waals surface area (Å²) in [7, 11) is 0. The predicted molar refractivity (Wildman–Crippen MR) is 112 cm³/mol. The number of nitrogens with zero attached hydrogens (tertiary/aromatic N) is 3. The summed E-state index contributed by atoms with van der Waals surface area (Å²) in [4.78, 5) is 11.3. The zero-order chi connectivity index (χ0) is 22.3. The van der Waals surface area contributed by atoms with Gasteiger partial charge < -0.3 is 9.67 Å². The molecule has 0 saturated carbocycles. The number of halogens is 2. The van der Waals surface area contributed by atoms with Gasteiger partial charge in [-0.2, -0.15) is 10.4 Å². The van der Waals surface area contributed by atoms with Crippen LogP contribution in [0.2, 0.25) is 0 Å². The lowest BCUT2D eigenvalue weighted by Gasteiger charge is -2.27. The maximum Gasteiger partial charge on any atom is 0.306 e. The smallest absolute Gasteiger partial charge is 0.306 e. The molecular formula is C23H20F2N4O2. The van der Waals surface area contributed by atoms with E-state index in [2.05, 4.69) is 16.3 Å². The van der Waals surface area contributed by atoms with E-state index in [9.17, 15) is 19.6 Å². The number of nitrogens with one attached hydrogen (secondary N) is 1. The zero-order valence-corrected chi connectivity index (χ0v) is 17.0. The second-order valence-electron chi connectivity index (χ2n) is 8.18. The largest absolute Gasteiger partial charge is 0.481 e. The van der Waals surface area contributed by atoms with Crippen molar-refractivity contribution in [2.75, 3.05) is 0 Å². The molecule has 2 N–H and O–H groups in total. The summed E-state index contributed by atoms with van der Waals surface area (Å²) in [5, 5.41) is 26.9. The van der Waals surface area contributed by atoms with E-state index >= 15 is 4.39 Å². The van der Waals surface area contributed by atoms with E-state index in [0.29, 0.717) is 27.8 Å². The Bertz CT molecular complexity index is 1330. The fourth-order valence-corrected chi connectivity index (χ4v) is 4.13. The molecule has 0 bridgehead atoms. The third kappa shape index (κ3) is 3.52. The Labute approximate surface area is 176 Å². The molecule has 4 aromatic rings. The lowest BCUT2D eigenvalue weighted by Crippen LogP contribution is -2.23. The van der Waals surface area contributed by atoms with Crippen LogP contribution in [0.3, 0.4) is 0 Å². The van der Waals surface area contributed by atoms with Crippen molar-refractivity contribution in [3.05, 3.63) is 59.7 Å². The van der Waals surface area contributed by atoms with Gasteiger partial charge in [0, 0.05) is 39.6 Å². The number of hydrogen-bond acceptors (Lipinski definition) is 3. The number of H-pyrrole nitrogens is 1. The Morgan fingerprint density at radius 1 is 1.32 bits per heavy atom. The van der Waals surface area contributed by atoms with Gasteiger partial charge in [-0.25, -0.2) is 8.78 Å². The molecule has 0 radical (unpaired) electrons. The van der Waals surface area contributed by atoms with Crippen LogP contribution in [0.1, 0.15) is 44.1 Å². The van der Waals surface area contributed by atoms with Crippen molar-refractivity contribution in [3.63, 3.8) is 0 Å². The summed E-state index contributed by atoms with van der Waals surface area (Å²) in [6.07, 6.45) is -0.786. The van der Waals surface area contributed by atoms with Crippen molar-refractivity contribution in [2.45, 2.75) is 38.3 Å². The van der Waals surface area contributed by atoms with Crippen LogP contribution in [-0.2, 0) is 10.2 Å². The minimum absolute atomic E-state index is 0.0801. The number of rotatable bonds is 6. The van der Waals surface area contributed by atoms with Crippen molar-refractivity contribution in [3.8, 4) is 11.8 Å². The van der Waals surface area contributed by atoms with Gasteiger partial charge in [-0.3, -0.25) is 9.89 Å². The lowest BCUT2D eigenvalue weighted by molar-refractivity contribution is -0.138. The molecule has 0 aliphatic rings. The summed E-state index contributed by atoms with van der Waals surface area (Å²) in [6, 6.07) is 11.5. The van der Waals surface area contributed by atoms with Gasteiger partial charge in [0.05, 0.1) is 29.7 Å². The van der Waals surface area contributed by atoms with Crippen LogP contribution in [0.15, 0.2) is 42.6 Å². The summed E-state index contributed by atoms with van der Waals surface area (Å²) >= 11 is 0. The topological polar surface area (TPSA) is 94.7 Å². The SMILES string of the molecule is CC(C)(CC#N)c1c([C@@H](F)CC(=O)O)c2cc3[nH]ncc3cc2n1-c1ccc(F)cc1. The molecule has 31 heavy (non-hydrogen) atoms. The van der Waals surface area contributed by atoms with Crippen molar-refractivity contribution in [1.29, 1.82) is 5.26 Å². The maximum atomic E-state index is 15.5. The first-order valence-electron chi connectivity index (χ1n) is 9.73. The van der Waals surface area contributed by atoms with Crippen molar-refractivity contribution in [2.24, 2.45) is 0 Å². The molecule has 0 amide bonds. The van der Waals surface area contributed by atoms with E-state index in [1.54, 1.807) is 29.0 Å². The number of carboxylic acid groups (broad SMARTS) is 1. The normalized spacial score (nSPS) is 12.9. The fraction of sp³-hybridized carbons (Fsp3) is 0.261. The number of nitriles is 1. The van der Waals surface area contributed by atoms with E-state index in [1.165, 1.54) is 12.1 Å². The number of aromatic amines is 1. The Balaban J connectivity index is 2.17. The highest BCUT2D eigenvalue weighted by atomic mass is 19.1. The molecule has 0 spiro atoms. The predicted octanol–water partition coefficient (Wildman–Crippen LogP) is 5.32. The van der Waals surface area contributed by atoms with Crippen LogP contribution in [0.5, 0.6) is 0 Å². The first kappa shape index (κ1) is 20.5. The fourth-order valence-electron chi connectivity index (χ4n) is 4.13. The molecule has 0 aliphatic heterocycles. The second kappa shape index (κ2) is 7.51. The van der Waals surface area contributed by atoms with Gasteiger partial charge in [-0.1, -0.05) is 13.8 Å². The minimum Gasteiger partial charge on any atom is -0.481 e. The monoisotopic (exact) mass is 422 g/mol. The second-order valence-corrected chi connectivity index (χ2v) is 8.18. The number of aliphatic carboxylic acids is 1. The van der Waals surface area contributed by atoms with Gasteiger partial charge in [0.1, 0.15) is 12.0 Å². The third-order valence-electron chi connectivity index (χ3n) is 5.48. The highest BCUT2D eigenvalue weighted by molar-refractivity contribution is 5.99. The Morgan fingerprint density at radius 2 is 2.03 bits per heavy atom. The number of benzene rings is 2. The molecule has 2 aromatic heterocycles. The molecule has 1 atom stereocenters. The number of alkyl halides is 1. The van der Waals surface area contributed by atoms with Crippen LogP contribution in [-0.4, -0.2) is 25.8 Å². The summed E-state index contributed by atoms with van der Waals surface area (Å²) in [5.74, 6) is -1.67. The number of fused-ring (bicyclic) bond motifs is 2. The van der Waals surface area contributed by atoms with Gasteiger partial charge in [0.25, 0.3) is 0 Å². The molecule has 8 heteroatoms. The Hall–Kier alpha value is -3.73. The lowest BCUT2D eigenvalue weighted by atomic mass is 9.82. The number of hydrogen-bond donors (Lipinski definition) is 2. The van der Waals surface area contributed by atoms with Crippen LogP contribution >= 0.6 is 0 Å². The van der Waals surface area contributed by atoms with E-state index in [1.807, 2.05) is 19.9 Å². The molecule has 4 rings (SSSR count). The molecule has 158 valence electrons. The first-order valence-corrected chi connectivity index (χ1v) is 9.73. The molecule has 0 aliphatic carbocycles. The van der Waals surface area contributed by atoms with Crippen molar-refractivity contribution in [1.82, 2.24) is 14.8 Å². The highest BCUT2D eigenvalue weighted by Gasteiger charge is 2.35. The highest BCUT2D eigenvalue weighted by Crippen LogP contribution is 2.44. The average molecular weight is 422 g/mol. The summed E-state index contributed by atoms with van der Waals surface area (Å²) in [6.45, 7) is 3.63. The van der Waals surface area contributed by atoms with Crippen LogP contribution < -0.4 is 0 Å². The average Bonchev–Trinajstić information content (AvgIpc) is 3.28. The van der Waals surface area contributed by atoms with Crippen LogP contribution in [0.4, 0.5) is 8.78 Å². The number of aromatic nitrogens is 3.